The van der Waals surface area contributed by atoms with E-state index in [-0.39, 0.29) is 0 Å². The molecule has 234 valence electrons. The summed E-state index contributed by atoms with van der Waals surface area (Å²) in [6.07, 6.45) is -5.65. The molecule has 0 aliphatic rings. The van der Waals surface area contributed by atoms with Crippen molar-refractivity contribution in [2.24, 2.45) is 5.73 Å². The number of hydrogen-bond donors (Lipinski definition) is 11. The van der Waals surface area contributed by atoms with Crippen molar-refractivity contribution in [3.05, 3.63) is 0 Å². The van der Waals surface area contributed by atoms with Crippen molar-refractivity contribution in [2.75, 3.05) is 0 Å². The van der Waals surface area contributed by atoms with Gasteiger partial charge in [0.15, 0.2) is 0 Å². The molecule has 12 N–H and O–H groups in total. The zero-order valence-electron chi connectivity index (χ0n) is 21.5. The Morgan fingerprint density at radius 2 is 0.738 bits per heavy atom. The van der Waals surface area contributed by atoms with Gasteiger partial charge in [-0.1, -0.05) is 0 Å². The first-order chi connectivity index (χ1) is 19.3. The summed E-state index contributed by atoms with van der Waals surface area (Å²) in [5.41, 5.74) is 5.51. The van der Waals surface area contributed by atoms with Gasteiger partial charge in [-0.15, -0.1) is 0 Å². The monoisotopic (exact) mass is 607 g/mol. The molecule has 42 heavy (non-hydrogen) atoms. The molecule has 21 nitrogen and oxygen atoms in total. The molecule has 0 aromatic carbocycles. The standard InChI is InChI=1S/C21H29N5O16/c22-7(1-2-12(27)28)17(37)23-8(3-13(29)30)18(38)24-9(4-14(31)32)19(39)25-10(5-15(33)34)20(40)26-11(21(41)42)6-16(35)36/h7-11H,1-6,22H2,(H,23,37)(H,24,38)(H,25,39)(H,26,40)(H,27,28)(H,29,30)(H,31,32)(H,33,34)(H,35,36)(H,41,42)/t7-,8-,9-,10-,11-/m0/s1. The Kier molecular flexibility index (Phi) is 15.2. The maximum atomic E-state index is 12.8. The minimum atomic E-state index is -2.12. The number of hydrogen-bond acceptors (Lipinski definition) is 11. The number of carbonyl (C=O) groups is 10. The van der Waals surface area contributed by atoms with E-state index >= 15 is 0 Å². The van der Waals surface area contributed by atoms with Crippen molar-refractivity contribution >= 4 is 59.4 Å². The molecule has 0 heterocycles. The molecule has 0 aromatic rings. The zero-order valence-corrected chi connectivity index (χ0v) is 21.5. The summed E-state index contributed by atoms with van der Waals surface area (Å²) in [6.45, 7) is 0. The van der Waals surface area contributed by atoms with Gasteiger partial charge in [0, 0.05) is 6.42 Å². The number of amides is 4. The SMILES string of the molecule is N[C@@H](CCC(=O)O)C(=O)N[C@@H](CC(=O)O)C(=O)N[C@@H](CC(=O)O)C(=O)N[C@@H](CC(=O)O)C(=O)N[C@@H](CC(=O)O)C(=O)O. The predicted molar refractivity (Wildman–Crippen MR) is 129 cm³/mol. The number of aliphatic carboxylic acids is 6. The normalized spacial score (nSPS) is 14.0. The Hall–Kier alpha value is -5.34. The lowest BCUT2D eigenvalue weighted by Gasteiger charge is -2.25. The molecule has 5 atom stereocenters. The summed E-state index contributed by atoms with van der Waals surface area (Å²) in [6, 6.07) is -9.77. The molecule has 0 aromatic heterocycles. The third kappa shape index (κ3) is 14.7. The highest BCUT2D eigenvalue weighted by Gasteiger charge is 2.34. The van der Waals surface area contributed by atoms with E-state index < -0.39 is 128 Å². The third-order valence-corrected chi connectivity index (χ3v) is 5.03. The minimum Gasteiger partial charge on any atom is -0.481 e. The molecular formula is C21H29N5O16. The van der Waals surface area contributed by atoms with Gasteiger partial charge < -0.3 is 57.6 Å². The average Bonchev–Trinajstić information content (AvgIpc) is 2.84. The maximum Gasteiger partial charge on any atom is 0.326 e. The topological polar surface area (TPSA) is 366 Å². The fourth-order valence-corrected chi connectivity index (χ4v) is 3.03. The Bertz CT molecular complexity index is 1110. The van der Waals surface area contributed by atoms with E-state index in [1.165, 1.54) is 0 Å². The van der Waals surface area contributed by atoms with Crippen LogP contribution in [0.1, 0.15) is 38.5 Å². The first-order valence-corrected chi connectivity index (χ1v) is 11.6. The van der Waals surface area contributed by atoms with E-state index in [1.807, 2.05) is 10.6 Å². The molecule has 4 amide bonds. The molecule has 0 aliphatic carbocycles. The van der Waals surface area contributed by atoms with Crippen molar-refractivity contribution in [2.45, 2.75) is 68.7 Å². The molecule has 0 spiro atoms. The molecule has 0 unspecified atom stereocenters. The van der Waals surface area contributed by atoms with E-state index in [4.69, 9.17) is 36.4 Å². The van der Waals surface area contributed by atoms with E-state index in [9.17, 15) is 47.9 Å². The largest absolute Gasteiger partial charge is 0.481 e. The number of nitrogens with two attached hydrogens (primary N) is 1. The van der Waals surface area contributed by atoms with Gasteiger partial charge in [0.05, 0.1) is 31.7 Å². The molecule has 0 saturated heterocycles. The van der Waals surface area contributed by atoms with Crippen LogP contribution in [0.4, 0.5) is 0 Å². The number of carboxylic acids is 6. The molecule has 0 bridgehead atoms. The van der Waals surface area contributed by atoms with Crippen LogP contribution in [0.2, 0.25) is 0 Å². The van der Waals surface area contributed by atoms with Crippen LogP contribution in [0.3, 0.4) is 0 Å². The second-order valence-electron chi connectivity index (χ2n) is 8.51. The van der Waals surface area contributed by atoms with Crippen molar-refractivity contribution in [3.8, 4) is 0 Å². The van der Waals surface area contributed by atoms with Crippen molar-refractivity contribution < 1.29 is 78.6 Å². The first kappa shape index (κ1) is 36.7. The Morgan fingerprint density at radius 1 is 0.452 bits per heavy atom. The van der Waals surface area contributed by atoms with Crippen LogP contribution in [-0.2, 0) is 47.9 Å². The van der Waals surface area contributed by atoms with Gasteiger partial charge in [0.25, 0.3) is 0 Å². The van der Waals surface area contributed by atoms with Gasteiger partial charge in [-0.05, 0) is 6.42 Å². The summed E-state index contributed by atoms with van der Waals surface area (Å²) < 4.78 is 0. The fourth-order valence-electron chi connectivity index (χ4n) is 3.03. The van der Waals surface area contributed by atoms with Crippen LogP contribution in [-0.4, -0.2) is 120 Å². The molecule has 0 saturated carbocycles. The third-order valence-electron chi connectivity index (χ3n) is 5.03. The summed E-state index contributed by atoms with van der Waals surface area (Å²) in [4.78, 5) is 117. The van der Waals surface area contributed by atoms with Crippen LogP contribution in [0.5, 0.6) is 0 Å². The van der Waals surface area contributed by atoms with Crippen molar-refractivity contribution in [3.63, 3.8) is 0 Å². The fraction of sp³-hybridized carbons (Fsp3) is 0.524. The van der Waals surface area contributed by atoms with Crippen LogP contribution < -0.4 is 27.0 Å². The lowest BCUT2D eigenvalue weighted by Crippen LogP contribution is -2.59. The van der Waals surface area contributed by atoms with Crippen molar-refractivity contribution in [1.29, 1.82) is 0 Å². The van der Waals surface area contributed by atoms with Gasteiger partial charge in [0.2, 0.25) is 23.6 Å². The highest BCUT2D eigenvalue weighted by molar-refractivity contribution is 5.98. The van der Waals surface area contributed by atoms with Gasteiger partial charge >= 0.3 is 35.8 Å². The summed E-state index contributed by atoms with van der Waals surface area (Å²) in [5, 5.41) is 61.1. The molecular weight excluding hydrogens is 578 g/mol. The maximum absolute atomic E-state index is 12.8. The molecule has 21 heteroatoms. The van der Waals surface area contributed by atoms with Crippen LogP contribution >= 0.6 is 0 Å². The number of carbonyl (C=O) groups excluding carboxylic acids is 4. The number of carboxylic acid groups (broad SMARTS) is 6. The van der Waals surface area contributed by atoms with Gasteiger partial charge in [-0.3, -0.25) is 43.2 Å². The molecule has 0 fully saturated rings. The Labute approximate surface area is 234 Å². The lowest BCUT2D eigenvalue weighted by atomic mass is 10.1. The highest BCUT2D eigenvalue weighted by atomic mass is 16.4. The van der Waals surface area contributed by atoms with Crippen molar-refractivity contribution in [1.82, 2.24) is 21.3 Å². The molecule has 0 radical (unpaired) electrons. The van der Waals surface area contributed by atoms with E-state index in [1.54, 1.807) is 10.6 Å². The van der Waals surface area contributed by atoms with Gasteiger partial charge in [0.1, 0.15) is 24.2 Å². The highest BCUT2D eigenvalue weighted by Crippen LogP contribution is 2.04. The second-order valence-corrected chi connectivity index (χ2v) is 8.51. The predicted octanol–water partition coefficient (Wildman–Crippen LogP) is -4.90. The molecule has 0 aliphatic heterocycles. The Balaban J connectivity index is 5.90. The minimum absolute atomic E-state index is 0.408. The van der Waals surface area contributed by atoms with Gasteiger partial charge in [-0.2, -0.15) is 0 Å². The van der Waals surface area contributed by atoms with E-state index in [0.29, 0.717) is 0 Å². The number of rotatable bonds is 20. The quantitative estimate of drug-likeness (QED) is 0.0617. The smallest absolute Gasteiger partial charge is 0.326 e. The molecule has 0 rings (SSSR count). The summed E-state index contributed by atoms with van der Waals surface area (Å²) in [7, 11) is 0. The van der Waals surface area contributed by atoms with Crippen LogP contribution in [0.25, 0.3) is 0 Å². The van der Waals surface area contributed by atoms with E-state index in [2.05, 4.69) is 0 Å². The summed E-state index contributed by atoms with van der Waals surface area (Å²) in [5.74, 6) is -15.5. The average molecular weight is 607 g/mol. The lowest BCUT2D eigenvalue weighted by molar-refractivity contribution is -0.148. The Morgan fingerprint density at radius 3 is 1.02 bits per heavy atom. The first-order valence-electron chi connectivity index (χ1n) is 11.6. The van der Waals surface area contributed by atoms with E-state index in [0.717, 1.165) is 0 Å². The van der Waals surface area contributed by atoms with Crippen LogP contribution in [0.15, 0.2) is 0 Å². The van der Waals surface area contributed by atoms with Gasteiger partial charge in [-0.25, -0.2) is 4.79 Å². The summed E-state index contributed by atoms with van der Waals surface area (Å²) >= 11 is 0. The zero-order chi connectivity index (χ0) is 32.7. The number of nitrogens with one attached hydrogen (secondary N) is 4. The second kappa shape index (κ2) is 17.4. The van der Waals surface area contributed by atoms with Crippen LogP contribution in [0, 0.1) is 0 Å².